The van der Waals surface area contributed by atoms with Gasteiger partial charge in [0.1, 0.15) is 17.8 Å². The standard InChI is InChI=1S/C24H27N5O.C5H9NO/c1-14(2)24(30)28-17-11-9-16(10-12-17)21-19(18-8-6-5-7-15(18)3)20-22(25)26-13-27-23(20)29(21)4;7-5-6-3-1-2-4-6/h8-13,15H,1,5-7H2,2-4H3,(H,28,30)(H2,25,26,27);5H,1-4H2. The van der Waals surface area contributed by atoms with Crippen LogP contribution in [-0.2, 0) is 16.6 Å². The third kappa shape index (κ3) is 5.58. The molecule has 5 rings (SSSR count). The molecular formula is C29H36N6O2. The zero-order chi connectivity index (χ0) is 26.5. The molecule has 3 N–H and O–H groups in total. The molecule has 2 aromatic heterocycles. The Morgan fingerprint density at radius 3 is 2.46 bits per heavy atom. The summed E-state index contributed by atoms with van der Waals surface area (Å²) < 4.78 is 2.09. The molecule has 1 aromatic carbocycles. The number of nitrogens with one attached hydrogen (secondary N) is 1. The van der Waals surface area contributed by atoms with E-state index in [0.29, 0.717) is 17.3 Å². The molecule has 0 radical (unpaired) electrons. The molecule has 3 aromatic rings. The number of allylic oxidation sites excluding steroid dienone is 2. The van der Waals surface area contributed by atoms with Crippen LogP contribution in [-0.4, -0.2) is 44.8 Å². The minimum Gasteiger partial charge on any atom is -0.383 e. The third-order valence-electron chi connectivity index (χ3n) is 7.12. The van der Waals surface area contributed by atoms with Crippen LogP contribution in [0.25, 0.3) is 27.9 Å². The Labute approximate surface area is 218 Å². The second-order valence-electron chi connectivity index (χ2n) is 9.89. The molecule has 2 amide bonds. The first kappa shape index (κ1) is 26.1. The molecule has 1 fully saturated rings. The lowest BCUT2D eigenvalue weighted by molar-refractivity contribution is -0.117. The Morgan fingerprint density at radius 2 is 1.86 bits per heavy atom. The van der Waals surface area contributed by atoms with E-state index >= 15 is 0 Å². The molecule has 194 valence electrons. The van der Waals surface area contributed by atoms with Crippen molar-refractivity contribution in [2.45, 2.75) is 46.0 Å². The fourth-order valence-electron chi connectivity index (χ4n) is 5.08. The molecule has 37 heavy (non-hydrogen) atoms. The Morgan fingerprint density at radius 1 is 1.16 bits per heavy atom. The average molecular weight is 501 g/mol. The molecule has 1 aliphatic carbocycles. The SMILES string of the molecule is C=C(C)C(=O)Nc1ccc(-c2c(C3=CCCCC3C)c3c(N)ncnc3n2C)cc1.O=CN1CCCC1. The highest BCUT2D eigenvalue weighted by Crippen LogP contribution is 2.44. The van der Waals surface area contributed by atoms with Gasteiger partial charge >= 0.3 is 0 Å². The normalized spacial score (nSPS) is 17.1. The quantitative estimate of drug-likeness (QED) is 0.371. The number of likely N-dealkylation sites (tertiary alicyclic amines) is 1. The summed E-state index contributed by atoms with van der Waals surface area (Å²) in [6.07, 6.45) is 10.6. The topological polar surface area (TPSA) is 106 Å². The third-order valence-corrected chi connectivity index (χ3v) is 7.12. The van der Waals surface area contributed by atoms with Gasteiger partial charge in [-0.05, 0) is 68.2 Å². The van der Waals surface area contributed by atoms with Gasteiger partial charge < -0.3 is 20.5 Å². The summed E-state index contributed by atoms with van der Waals surface area (Å²) in [5.41, 5.74) is 12.9. The fourth-order valence-corrected chi connectivity index (χ4v) is 5.08. The number of anilines is 2. The van der Waals surface area contributed by atoms with E-state index in [9.17, 15) is 9.59 Å². The lowest BCUT2D eigenvalue weighted by atomic mass is 9.83. The van der Waals surface area contributed by atoms with Crippen LogP contribution < -0.4 is 11.1 Å². The molecule has 1 atom stereocenters. The largest absolute Gasteiger partial charge is 0.383 e. The van der Waals surface area contributed by atoms with Crippen LogP contribution in [0.2, 0.25) is 0 Å². The number of nitrogens with two attached hydrogens (primary N) is 1. The van der Waals surface area contributed by atoms with Gasteiger partial charge in [-0.2, -0.15) is 0 Å². The van der Waals surface area contributed by atoms with Crippen LogP contribution in [0, 0.1) is 5.92 Å². The van der Waals surface area contributed by atoms with Crippen molar-refractivity contribution in [2.75, 3.05) is 24.1 Å². The Hall–Kier alpha value is -3.94. The van der Waals surface area contributed by atoms with E-state index in [0.717, 1.165) is 65.9 Å². The first-order valence-corrected chi connectivity index (χ1v) is 12.9. The minimum atomic E-state index is -0.183. The Kier molecular flexibility index (Phi) is 8.06. The van der Waals surface area contributed by atoms with Gasteiger partial charge in [-0.1, -0.05) is 31.7 Å². The predicted octanol–water partition coefficient (Wildman–Crippen LogP) is 5.17. The van der Waals surface area contributed by atoms with Crippen molar-refractivity contribution in [2.24, 2.45) is 13.0 Å². The van der Waals surface area contributed by atoms with Crippen LogP contribution in [0.3, 0.4) is 0 Å². The van der Waals surface area contributed by atoms with E-state index < -0.39 is 0 Å². The van der Waals surface area contributed by atoms with Crippen molar-refractivity contribution >= 4 is 40.4 Å². The predicted molar refractivity (Wildman–Crippen MR) is 150 cm³/mol. The number of amides is 2. The highest BCUT2D eigenvalue weighted by atomic mass is 16.1. The molecule has 1 saturated heterocycles. The molecule has 1 unspecified atom stereocenters. The molecule has 8 heteroatoms. The summed E-state index contributed by atoms with van der Waals surface area (Å²) in [5, 5.41) is 3.77. The van der Waals surface area contributed by atoms with Crippen LogP contribution in [0.4, 0.5) is 11.5 Å². The number of carbonyl (C=O) groups is 2. The smallest absolute Gasteiger partial charge is 0.250 e. The number of nitrogens with zero attached hydrogens (tertiary/aromatic N) is 4. The number of rotatable bonds is 5. The van der Waals surface area contributed by atoms with Crippen molar-refractivity contribution in [1.29, 1.82) is 0 Å². The molecule has 2 aliphatic rings. The van der Waals surface area contributed by atoms with Gasteiger partial charge in [0, 0.05) is 37.0 Å². The highest BCUT2D eigenvalue weighted by Gasteiger charge is 2.26. The number of hydrogen-bond donors (Lipinski definition) is 2. The van der Waals surface area contributed by atoms with Crippen LogP contribution in [0.15, 0.2) is 48.8 Å². The average Bonchev–Trinajstić information content (AvgIpc) is 3.52. The summed E-state index contributed by atoms with van der Waals surface area (Å²) in [6, 6.07) is 7.85. The number of carbonyl (C=O) groups excluding carboxylic acids is 2. The first-order chi connectivity index (χ1) is 17.8. The van der Waals surface area contributed by atoms with E-state index in [4.69, 9.17) is 5.73 Å². The maximum Gasteiger partial charge on any atom is 0.250 e. The Bertz CT molecular complexity index is 1330. The summed E-state index contributed by atoms with van der Waals surface area (Å²) >= 11 is 0. The van der Waals surface area contributed by atoms with Gasteiger partial charge in [0.15, 0.2) is 0 Å². The maximum atomic E-state index is 11.9. The van der Waals surface area contributed by atoms with Crippen molar-refractivity contribution < 1.29 is 9.59 Å². The van der Waals surface area contributed by atoms with Crippen LogP contribution >= 0.6 is 0 Å². The van der Waals surface area contributed by atoms with Crippen molar-refractivity contribution in [1.82, 2.24) is 19.4 Å². The van der Waals surface area contributed by atoms with Gasteiger partial charge in [0.05, 0.1) is 11.1 Å². The van der Waals surface area contributed by atoms with Gasteiger partial charge in [-0.15, -0.1) is 0 Å². The molecule has 3 heterocycles. The number of fused-ring (bicyclic) bond motifs is 1. The number of aryl methyl sites for hydroxylation is 1. The van der Waals surface area contributed by atoms with Gasteiger partial charge in [0.25, 0.3) is 5.91 Å². The van der Waals surface area contributed by atoms with Gasteiger partial charge in [0.2, 0.25) is 6.41 Å². The first-order valence-electron chi connectivity index (χ1n) is 12.9. The van der Waals surface area contributed by atoms with E-state index in [-0.39, 0.29) is 5.91 Å². The van der Waals surface area contributed by atoms with Crippen molar-refractivity contribution in [3.63, 3.8) is 0 Å². The summed E-state index contributed by atoms with van der Waals surface area (Å²) in [6.45, 7) is 9.59. The van der Waals surface area contributed by atoms with E-state index in [1.54, 1.807) is 11.8 Å². The number of aromatic nitrogens is 3. The van der Waals surface area contributed by atoms with E-state index in [1.807, 2.05) is 31.3 Å². The van der Waals surface area contributed by atoms with Gasteiger partial charge in [-0.25, -0.2) is 9.97 Å². The zero-order valence-corrected chi connectivity index (χ0v) is 22.0. The highest BCUT2D eigenvalue weighted by molar-refractivity contribution is 6.05. The summed E-state index contributed by atoms with van der Waals surface area (Å²) in [7, 11) is 2.01. The fraction of sp³-hybridized carbons (Fsp3) is 0.379. The zero-order valence-electron chi connectivity index (χ0n) is 22.0. The number of nitrogen functional groups attached to an aromatic ring is 1. The summed E-state index contributed by atoms with van der Waals surface area (Å²) in [5.74, 6) is 0.759. The lowest BCUT2D eigenvalue weighted by Gasteiger charge is -2.22. The van der Waals surface area contributed by atoms with Crippen molar-refractivity contribution in [3.05, 3.63) is 54.4 Å². The number of benzene rings is 1. The van der Waals surface area contributed by atoms with E-state index in [1.165, 1.54) is 31.2 Å². The summed E-state index contributed by atoms with van der Waals surface area (Å²) in [4.78, 5) is 32.5. The molecule has 1 aliphatic heterocycles. The van der Waals surface area contributed by atoms with Crippen LogP contribution in [0.5, 0.6) is 0 Å². The second kappa shape index (κ2) is 11.4. The minimum absolute atomic E-state index is 0.183. The van der Waals surface area contributed by atoms with Crippen LogP contribution in [0.1, 0.15) is 51.5 Å². The molecule has 8 nitrogen and oxygen atoms in total. The maximum absolute atomic E-state index is 11.9. The van der Waals surface area contributed by atoms with Crippen molar-refractivity contribution in [3.8, 4) is 11.3 Å². The molecule has 0 spiro atoms. The number of hydrogen-bond acceptors (Lipinski definition) is 5. The molecule has 0 bridgehead atoms. The monoisotopic (exact) mass is 500 g/mol. The van der Waals surface area contributed by atoms with E-state index in [2.05, 4.69) is 39.4 Å². The second-order valence-corrected chi connectivity index (χ2v) is 9.89. The lowest BCUT2D eigenvalue weighted by Crippen LogP contribution is -2.15. The molecule has 0 saturated carbocycles. The Balaban J connectivity index is 0.000000396. The molecular weight excluding hydrogens is 464 g/mol. The van der Waals surface area contributed by atoms with Gasteiger partial charge in [-0.3, -0.25) is 9.59 Å².